The van der Waals surface area contributed by atoms with Crippen LogP contribution in [-0.4, -0.2) is 59.3 Å². The number of aliphatic hydroxyl groups excluding tert-OH is 3. The molecule has 0 aliphatic carbocycles. The van der Waals surface area contributed by atoms with Crippen LogP contribution in [0.2, 0.25) is 0 Å². The standard InChI is InChI=1S/C15H23N5O4/c1-2-3-4-8(21)5-9-11(22)12(23)15(24-9)20-7-19-10-13(16)17-6-18-14(10)20/h6-9,11-12,15,21-23H,2-5H2,1H3,(H2,16,17,18)/t8?,9-,11-,12-,15-/m1/s1. The molecule has 0 saturated carbocycles. The predicted octanol–water partition coefficient (Wildman–Crippen LogP) is -0.0311. The van der Waals surface area contributed by atoms with Crippen LogP contribution in [0.3, 0.4) is 0 Å². The number of hydrogen-bond donors (Lipinski definition) is 4. The maximum absolute atomic E-state index is 10.3. The van der Waals surface area contributed by atoms with Gasteiger partial charge >= 0.3 is 0 Å². The summed E-state index contributed by atoms with van der Waals surface area (Å²) < 4.78 is 7.32. The highest BCUT2D eigenvalue weighted by Gasteiger charge is 2.44. The summed E-state index contributed by atoms with van der Waals surface area (Å²) in [7, 11) is 0. The first-order valence-corrected chi connectivity index (χ1v) is 8.15. The lowest BCUT2D eigenvalue weighted by Gasteiger charge is -2.18. The van der Waals surface area contributed by atoms with Gasteiger partial charge in [0.25, 0.3) is 0 Å². The zero-order valence-corrected chi connectivity index (χ0v) is 13.5. The minimum Gasteiger partial charge on any atom is -0.393 e. The van der Waals surface area contributed by atoms with Gasteiger partial charge in [0.05, 0.1) is 18.5 Å². The highest BCUT2D eigenvalue weighted by Crippen LogP contribution is 2.34. The van der Waals surface area contributed by atoms with Crippen molar-refractivity contribution >= 4 is 17.0 Å². The Morgan fingerprint density at radius 1 is 1.29 bits per heavy atom. The molecule has 3 heterocycles. The molecule has 24 heavy (non-hydrogen) atoms. The van der Waals surface area contributed by atoms with Gasteiger partial charge < -0.3 is 25.8 Å². The molecule has 2 aromatic heterocycles. The summed E-state index contributed by atoms with van der Waals surface area (Å²) in [6.45, 7) is 2.05. The molecule has 5 atom stereocenters. The second-order valence-corrected chi connectivity index (χ2v) is 6.16. The van der Waals surface area contributed by atoms with Crippen LogP contribution in [0.1, 0.15) is 38.8 Å². The van der Waals surface area contributed by atoms with Gasteiger partial charge in [-0.05, 0) is 6.42 Å². The Labute approximate surface area is 139 Å². The van der Waals surface area contributed by atoms with Gasteiger partial charge in [0.15, 0.2) is 17.7 Å². The van der Waals surface area contributed by atoms with Gasteiger partial charge in [0.1, 0.15) is 24.1 Å². The number of nitrogens with two attached hydrogens (primary N) is 1. The molecule has 1 saturated heterocycles. The summed E-state index contributed by atoms with van der Waals surface area (Å²) >= 11 is 0. The molecule has 1 aliphatic heterocycles. The van der Waals surface area contributed by atoms with Crippen molar-refractivity contribution in [2.75, 3.05) is 5.73 Å². The van der Waals surface area contributed by atoms with Crippen LogP contribution in [0, 0.1) is 0 Å². The molecule has 9 heteroatoms. The number of imidazole rings is 1. The smallest absolute Gasteiger partial charge is 0.167 e. The molecule has 1 unspecified atom stereocenters. The molecule has 0 aromatic carbocycles. The summed E-state index contributed by atoms with van der Waals surface area (Å²) in [5.74, 6) is 0.235. The van der Waals surface area contributed by atoms with E-state index in [2.05, 4.69) is 15.0 Å². The largest absolute Gasteiger partial charge is 0.393 e. The molecule has 9 nitrogen and oxygen atoms in total. The average molecular weight is 337 g/mol. The summed E-state index contributed by atoms with van der Waals surface area (Å²) in [5, 5.41) is 30.6. The van der Waals surface area contributed by atoms with E-state index in [0.717, 1.165) is 12.8 Å². The lowest BCUT2D eigenvalue weighted by atomic mass is 10.0. The van der Waals surface area contributed by atoms with Crippen molar-refractivity contribution in [3.63, 3.8) is 0 Å². The Hall–Kier alpha value is -1.81. The van der Waals surface area contributed by atoms with Gasteiger partial charge in [-0.15, -0.1) is 0 Å². The minimum absolute atomic E-state index is 0.235. The number of nitrogen functional groups attached to an aromatic ring is 1. The third kappa shape index (κ3) is 3.07. The zero-order chi connectivity index (χ0) is 17.3. The third-order valence-electron chi connectivity index (χ3n) is 4.39. The number of anilines is 1. The van der Waals surface area contributed by atoms with Crippen LogP contribution in [0.4, 0.5) is 5.82 Å². The number of ether oxygens (including phenoxy) is 1. The van der Waals surface area contributed by atoms with Gasteiger partial charge in [-0.2, -0.15) is 0 Å². The van der Waals surface area contributed by atoms with E-state index in [0.29, 0.717) is 17.6 Å². The predicted molar refractivity (Wildman–Crippen MR) is 85.8 cm³/mol. The second-order valence-electron chi connectivity index (χ2n) is 6.16. The Kier molecular flexibility index (Phi) is 4.95. The second kappa shape index (κ2) is 6.98. The molecular formula is C15H23N5O4. The molecule has 1 fully saturated rings. The summed E-state index contributed by atoms with van der Waals surface area (Å²) in [6, 6.07) is 0. The number of hydrogen-bond acceptors (Lipinski definition) is 8. The number of unbranched alkanes of at least 4 members (excludes halogenated alkanes) is 1. The first-order valence-electron chi connectivity index (χ1n) is 8.15. The van der Waals surface area contributed by atoms with E-state index in [4.69, 9.17) is 10.5 Å². The quantitative estimate of drug-likeness (QED) is 0.576. The number of fused-ring (bicyclic) bond motifs is 1. The monoisotopic (exact) mass is 337 g/mol. The van der Waals surface area contributed by atoms with Crippen LogP contribution in [0.15, 0.2) is 12.7 Å². The summed E-state index contributed by atoms with van der Waals surface area (Å²) in [5.41, 5.74) is 6.59. The SMILES string of the molecule is CCCCC(O)C[C@H]1O[C@@H](n2cnc3c(N)ncnc32)[C@H](O)[C@@H]1O. The molecule has 5 N–H and O–H groups in total. The van der Waals surface area contributed by atoms with Crippen LogP contribution >= 0.6 is 0 Å². The van der Waals surface area contributed by atoms with E-state index >= 15 is 0 Å². The Balaban J connectivity index is 1.78. The maximum Gasteiger partial charge on any atom is 0.167 e. The Morgan fingerprint density at radius 3 is 2.83 bits per heavy atom. The average Bonchev–Trinajstić information content (AvgIpc) is 3.10. The third-order valence-corrected chi connectivity index (χ3v) is 4.39. The number of aliphatic hydroxyl groups is 3. The fourth-order valence-electron chi connectivity index (χ4n) is 3.04. The highest BCUT2D eigenvalue weighted by molar-refractivity contribution is 5.81. The minimum atomic E-state index is -1.15. The van der Waals surface area contributed by atoms with E-state index in [1.807, 2.05) is 6.92 Å². The van der Waals surface area contributed by atoms with Gasteiger partial charge in [-0.1, -0.05) is 19.8 Å². The Morgan fingerprint density at radius 2 is 2.08 bits per heavy atom. The first kappa shape index (κ1) is 17.0. The fraction of sp³-hybridized carbons (Fsp3) is 0.667. The summed E-state index contributed by atoms with van der Waals surface area (Å²) in [4.78, 5) is 12.1. The van der Waals surface area contributed by atoms with Crippen molar-refractivity contribution in [1.29, 1.82) is 0 Å². The van der Waals surface area contributed by atoms with Gasteiger partial charge in [-0.25, -0.2) is 15.0 Å². The lowest BCUT2D eigenvalue weighted by molar-refractivity contribution is -0.0497. The molecular weight excluding hydrogens is 314 g/mol. The molecule has 3 rings (SSSR count). The van der Waals surface area contributed by atoms with Crippen LogP contribution in [0.5, 0.6) is 0 Å². The highest BCUT2D eigenvalue weighted by atomic mass is 16.6. The molecule has 0 bridgehead atoms. The van der Waals surface area contributed by atoms with Crippen LogP contribution in [0.25, 0.3) is 11.2 Å². The van der Waals surface area contributed by atoms with Crippen LogP contribution in [-0.2, 0) is 4.74 Å². The molecule has 0 amide bonds. The van der Waals surface area contributed by atoms with Gasteiger partial charge in [-0.3, -0.25) is 4.57 Å². The summed E-state index contributed by atoms with van der Waals surface area (Å²) in [6.07, 6.45) is 1.22. The Bertz CT molecular complexity index is 694. The molecule has 1 aliphatic rings. The van der Waals surface area contributed by atoms with Gasteiger partial charge in [0.2, 0.25) is 0 Å². The first-order chi connectivity index (χ1) is 11.5. The van der Waals surface area contributed by atoms with Crippen LogP contribution < -0.4 is 5.73 Å². The normalized spacial score (nSPS) is 28.5. The van der Waals surface area contributed by atoms with Crippen molar-refractivity contribution < 1.29 is 20.1 Å². The molecule has 2 aromatic rings. The van der Waals surface area contributed by atoms with E-state index in [1.165, 1.54) is 17.2 Å². The van der Waals surface area contributed by atoms with E-state index in [9.17, 15) is 15.3 Å². The van der Waals surface area contributed by atoms with Crippen molar-refractivity contribution in [1.82, 2.24) is 19.5 Å². The van der Waals surface area contributed by atoms with Crippen molar-refractivity contribution in [3.8, 4) is 0 Å². The van der Waals surface area contributed by atoms with Gasteiger partial charge in [0, 0.05) is 6.42 Å². The van der Waals surface area contributed by atoms with E-state index in [-0.39, 0.29) is 12.2 Å². The van der Waals surface area contributed by atoms with Crippen molar-refractivity contribution in [2.24, 2.45) is 0 Å². The zero-order valence-electron chi connectivity index (χ0n) is 13.5. The maximum atomic E-state index is 10.3. The number of nitrogens with zero attached hydrogens (tertiary/aromatic N) is 4. The number of rotatable bonds is 6. The van der Waals surface area contributed by atoms with Crippen molar-refractivity contribution in [2.45, 2.75) is 63.3 Å². The van der Waals surface area contributed by atoms with Crippen molar-refractivity contribution in [3.05, 3.63) is 12.7 Å². The number of aromatic nitrogens is 4. The molecule has 0 spiro atoms. The molecule has 0 radical (unpaired) electrons. The molecule has 132 valence electrons. The van der Waals surface area contributed by atoms with E-state index in [1.54, 1.807) is 0 Å². The topological polar surface area (TPSA) is 140 Å². The fourth-order valence-corrected chi connectivity index (χ4v) is 3.04. The van der Waals surface area contributed by atoms with E-state index < -0.39 is 30.6 Å². The lowest BCUT2D eigenvalue weighted by Crippen LogP contribution is -2.33.